The van der Waals surface area contributed by atoms with Crippen LogP contribution < -0.4 is 10.1 Å². The molecule has 0 radical (unpaired) electrons. The van der Waals surface area contributed by atoms with Gasteiger partial charge in [0.05, 0.1) is 10.0 Å². The lowest BCUT2D eigenvalue weighted by molar-refractivity contribution is 0.302. The fourth-order valence-electron chi connectivity index (χ4n) is 2.14. The highest BCUT2D eigenvalue weighted by molar-refractivity contribution is 6.42. The smallest absolute Gasteiger partial charge is 0.124 e. The lowest BCUT2D eigenvalue weighted by Gasteiger charge is -2.14. The average Bonchev–Trinajstić information content (AvgIpc) is 2.53. The molecule has 0 aliphatic heterocycles. The average molecular weight is 388 g/mol. The van der Waals surface area contributed by atoms with Crippen LogP contribution in [0.4, 0.5) is 0 Å². The second kappa shape index (κ2) is 9.50. The maximum atomic E-state index is 6.11. The Morgan fingerprint density at radius 3 is 2.50 bits per heavy atom. The lowest BCUT2D eigenvalue weighted by atomic mass is 10.2. The van der Waals surface area contributed by atoms with E-state index in [1.807, 2.05) is 44.4 Å². The van der Waals surface area contributed by atoms with E-state index in [2.05, 4.69) is 10.2 Å². The highest BCUT2D eigenvalue weighted by atomic mass is 35.5. The van der Waals surface area contributed by atoms with Crippen molar-refractivity contribution >= 4 is 34.8 Å². The van der Waals surface area contributed by atoms with E-state index in [0.717, 1.165) is 30.0 Å². The summed E-state index contributed by atoms with van der Waals surface area (Å²) < 4.78 is 5.94. The van der Waals surface area contributed by atoms with Crippen molar-refractivity contribution in [1.82, 2.24) is 10.2 Å². The van der Waals surface area contributed by atoms with Crippen molar-refractivity contribution in [3.8, 4) is 5.75 Å². The van der Waals surface area contributed by atoms with Crippen LogP contribution >= 0.6 is 34.8 Å². The van der Waals surface area contributed by atoms with Crippen molar-refractivity contribution in [2.75, 3.05) is 27.2 Å². The number of nitrogens with zero attached hydrogens (tertiary/aromatic N) is 1. The van der Waals surface area contributed by atoms with Crippen molar-refractivity contribution in [1.29, 1.82) is 0 Å². The number of likely N-dealkylation sites (N-methyl/N-ethyl adjacent to an activating group) is 1. The molecule has 2 aromatic carbocycles. The first-order valence-electron chi connectivity index (χ1n) is 7.66. The molecule has 0 atom stereocenters. The van der Waals surface area contributed by atoms with Gasteiger partial charge in [-0.05, 0) is 50.0 Å². The zero-order valence-corrected chi connectivity index (χ0v) is 16.0. The summed E-state index contributed by atoms with van der Waals surface area (Å²) >= 11 is 18.1. The lowest BCUT2D eigenvalue weighted by Crippen LogP contribution is -2.26. The summed E-state index contributed by atoms with van der Waals surface area (Å²) in [5, 5.41) is 5.16. The maximum Gasteiger partial charge on any atom is 0.124 e. The molecular weight excluding hydrogens is 367 g/mol. The van der Waals surface area contributed by atoms with E-state index in [1.54, 1.807) is 6.07 Å². The van der Waals surface area contributed by atoms with Gasteiger partial charge in [0.2, 0.25) is 0 Å². The minimum atomic E-state index is 0.420. The number of rotatable bonds is 8. The van der Waals surface area contributed by atoms with Crippen LogP contribution in [0.5, 0.6) is 5.75 Å². The van der Waals surface area contributed by atoms with E-state index in [0.29, 0.717) is 28.2 Å². The summed E-state index contributed by atoms with van der Waals surface area (Å²) in [7, 11) is 4.10. The van der Waals surface area contributed by atoms with E-state index in [4.69, 9.17) is 39.5 Å². The maximum absolute atomic E-state index is 6.11. The van der Waals surface area contributed by atoms with Crippen molar-refractivity contribution < 1.29 is 4.74 Å². The Labute approximate surface area is 158 Å². The zero-order valence-electron chi connectivity index (χ0n) is 13.8. The molecule has 1 N–H and O–H groups in total. The molecule has 2 aromatic rings. The zero-order chi connectivity index (χ0) is 17.5. The van der Waals surface area contributed by atoms with Crippen molar-refractivity contribution in [2.45, 2.75) is 13.2 Å². The standard InChI is InChI=1S/C18H21Cl3N2O/c1-23(2)8-7-22-11-14-10-15(19)4-6-18(14)24-12-13-3-5-16(20)17(21)9-13/h3-6,9-10,22H,7-8,11-12H2,1-2H3. The predicted octanol–water partition coefficient (Wildman–Crippen LogP) is 4.88. The number of ether oxygens (including phenoxy) is 1. The number of benzene rings is 2. The van der Waals surface area contributed by atoms with Crippen LogP contribution in [-0.2, 0) is 13.2 Å². The molecule has 3 nitrogen and oxygen atoms in total. The number of hydrogen-bond donors (Lipinski definition) is 1. The molecule has 0 unspecified atom stereocenters. The van der Waals surface area contributed by atoms with Crippen LogP contribution in [-0.4, -0.2) is 32.1 Å². The summed E-state index contributed by atoms with van der Waals surface area (Å²) in [6.45, 7) is 2.99. The Kier molecular flexibility index (Phi) is 7.66. The third-order valence-electron chi connectivity index (χ3n) is 3.45. The largest absolute Gasteiger partial charge is 0.489 e. The number of halogens is 3. The highest BCUT2D eigenvalue weighted by Gasteiger charge is 2.07. The summed E-state index contributed by atoms with van der Waals surface area (Å²) in [4.78, 5) is 2.13. The quantitative estimate of drug-likeness (QED) is 0.654. The monoisotopic (exact) mass is 386 g/mol. The SMILES string of the molecule is CN(C)CCNCc1cc(Cl)ccc1OCc1ccc(Cl)c(Cl)c1. The van der Waals surface area contributed by atoms with Crippen LogP contribution in [0.2, 0.25) is 15.1 Å². The van der Waals surface area contributed by atoms with Gasteiger partial charge in [0.1, 0.15) is 12.4 Å². The molecule has 0 spiro atoms. The number of hydrogen-bond acceptors (Lipinski definition) is 3. The van der Waals surface area contributed by atoms with Gasteiger partial charge in [-0.3, -0.25) is 0 Å². The second-order valence-corrected chi connectivity index (χ2v) is 7.02. The van der Waals surface area contributed by atoms with Crippen LogP contribution in [0.3, 0.4) is 0 Å². The third-order valence-corrected chi connectivity index (χ3v) is 4.43. The molecule has 0 aliphatic carbocycles. The Balaban J connectivity index is 1.99. The second-order valence-electron chi connectivity index (χ2n) is 5.77. The Morgan fingerprint density at radius 1 is 1.00 bits per heavy atom. The first-order valence-corrected chi connectivity index (χ1v) is 8.79. The van der Waals surface area contributed by atoms with E-state index in [9.17, 15) is 0 Å². The highest BCUT2D eigenvalue weighted by Crippen LogP contribution is 2.26. The van der Waals surface area contributed by atoms with Crippen LogP contribution in [0, 0.1) is 0 Å². The van der Waals surface area contributed by atoms with Crippen molar-refractivity contribution in [2.24, 2.45) is 0 Å². The number of nitrogens with one attached hydrogen (secondary N) is 1. The van der Waals surface area contributed by atoms with Gasteiger partial charge in [-0.2, -0.15) is 0 Å². The molecule has 0 amide bonds. The first-order chi connectivity index (χ1) is 11.5. The summed E-state index contributed by atoms with van der Waals surface area (Å²) in [5.74, 6) is 0.808. The van der Waals surface area contributed by atoms with Gasteiger partial charge in [-0.15, -0.1) is 0 Å². The first kappa shape index (κ1) is 19.4. The molecule has 0 bridgehead atoms. The Bertz CT molecular complexity index is 677. The fraction of sp³-hybridized carbons (Fsp3) is 0.333. The van der Waals surface area contributed by atoms with E-state index in [-0.39, 0.29) is 0 Å². The van der Waals surface area contributed by atoms with Gasteiger partial charge in [-0.25, -0.2) is 0 Å². The van der Waals surface area contributed by atoms with Crippen LogP contribution in [0.15, 0.2) is 36.4 Å². The van der Waals surface area contributed by atoms with E-state index in [1.165, 1.54) is 0 Å². The minimum Gasteiger partial charge on any atom is -0.489 e. The van der Waals surface area contributed by atoms with Crippen molar-refractivity contribution in [3.05, 3.63) is 62.6 Å². The van der Waals surface area contributed by atoms with Gasteiger partial charge in [-0.1, -0.05) is 40.9 Å². The normalized spacial score (nSPS) is 11.1. The molecule has 24 heavy (non-hydrogen) atoms. The van der Waals surface area contributed by atoms with Gasteiger partial charge < -0.3 is 15.0 Å². The van der Waals surface area contributed by atoms with Gasteiger partial charge >= 0.3 is 0 Å². The van der Waals surface area contributed by atoms with Gasteiger partial charge in [0, 0.05) is 30.2 Å². The molecule has 0 saturated carbocycles. The van der Waals surface area contributed by atoms with Gasteiger partial charge in [0.25, 0.3) is 0 Å². The third kappa shape index (κ3) is 6.15. The Hall–Kier alpha value is -0.970. The summed E-state index contributed by atoms with van der Waals surface area (Å²) in [6.07, 6.45) is 0. The van der Waals surface area contributed by atoms with Crippen LogP contribution in [0.25, 0.3) is 0 Å². The van der Waals surface area contributed by atoms with E-state index < -0.39 is 0 Å². The molecule has 6 heteroatoms. The van der Waals surface area contributed by atoms with E-state index >= 15 is 0 Å². The minimum absolute atomic E-state index is 0.420. The summed E-state index contributed by atoms with van der Waals surface area (Å²) in [6, 6.07) is 11.1. The fourth-order valence-corrected chi connectivity index (χ4v) is 2.66. The van der Waals surface area contributed by atoms with Gasteiger partial charge in [0.15, 0.2) is 0 Å². The molecular formula is C18H21Cl3N2O. The topological polar surface area (TPSA) is 24.5 Å². The predicted molar refractivity (Wildman–Crippen MR) is 103 cm³/mol. The molecule has 0 aliphatic rings. The molecule has 0 saturated heterocycles. The molecule has 0 fully saturated rings. The molecule has 130 valence electrons. The molecule has 0 heterocycles. The van der Waals surface area contributed by atoms with Crippen molar-refractivity contribution in [3.63, 3.8) is 0 Å². The summed E-state index contributed by atoms with van der Waals surface area (Å²) in [5.41, 5.74) is 1.99. The van der Waals surface area contributed by atoms with Crippen LogP contribution in [0.1, 0.15) is 11.1 Å². The Morgan fingerprint density at radius 2 is 1.79 bits per heavy atom. The molecule has 0 aromatic heterocycles. The molecule has 2 rings (SSSR count).